The normalized spacial score (nSPS) is 16.8. The molecule has 0 radical (unpaired) electrons. The molecule has 0 N–H and O–H groups in total. The number of fused-ring (bicyclic) bond motifs is 10. The van der Waals surface area contributed by atoms with Crippen LogP contribution in [0, 0.1) is 0 Å². The number of furan rings is 1. The van der Waals surface area contributed by atoms with E-state index in [1.54, 1.807) is 0 Å². The molecule has 270 valence electrons. The fourth-order valence-corrected chi connectivity index (χ4v) is 9.74. The Morgan fingerprint density at radius 1 is 0.526 bits per heavy atom. The minimum absolute atomic E-state index is 0.446. The third kappa shape index (κ3) is 4.85. The first-order chi connectivity index (χ1) is 28.2. The Hall–Kier alpha value is -7.10. The van der Waals surface area contributed by atoms with Crippen LogP contribution in [-0.4, -0.2) is 9.97 Å². The van der Waals surface area contributed by atoms with Crippen molar-refractivity contribution in [1.29, 1.82) is 0 Å². The summed E-state index contributed by atoms with van der Waals surface area (Å²) >= 11 is 0. The van der Waals surface area contributed by atoms with Crippen LogP contribution in [0.3, 0.4) is 0 Å². The van der Waals surface area contributed by atoms with Crippen LogP contribution < -0.4 is 0 Å². The van der Waals surface area contributed by atoms with E-state index in [9.17, 15) is 0 Å². The molecule has 7 aromatic carbocycles. The summed E-state index contributed by atoms with van der Waals surface area (Å²) in [6.07, 6.45) is 5.73. The van der Waals surface area contributed by atoms with Crippen molar-refractivity contribution in [2.75, 3.05) is 0 Å². The van der Waals surface area contributed by atoms with E-state index in [0.717, 1.165) is 62.0 Å². The first-order valence-electron chi connectivity index (χ1n) is 19.9. The van der Waals surface area contributed by atoms with E-state index in [4.69, 9.17) is 14.4 Å². The summed E-state index contributed by atoms with van der Waals surface area (Å²) < 4.78 is 6.50. The molecule has 3 heteroatoms. The molecule has 2 aliphatic rings. The molecule has 11 rings (SSSR count). The molecule has 9 aromatic rings. The minimum Gasteiger partial charge on any atom is -0.455 e. The Labute approximate surface area is 332 Å². The van der Waals surface area contributed by atoms with E-state index >= 15 is 0 Å². The highest BCUT2D eigenvalue weighted by molar-refractivity contribution is 6.09. The zero-order valence-electron chi connectivity index (χ0n) is 31.8. The van der Waals surface area contributed by atoms with Gasteiger partial charge in [-0.15, -0.1) is 0 Å². The minimum atomic E-state index is -0.446. The van der Waals surface area contributed by atoms with Crippen molar-refractivity contribution in [3.8, 4) is 56.2 Å². The SMILES string of the molecule is C/C=C1\C(=C/CC)c2ccccc2C12c1ccccc1-c1cccc(-c3cccc(-c4cc(-c5ccccc5)nc(-c5cccc6c5oc5ccccc56)n4)c3)c12. The van der Waals surface area contributed by atoms with Gasteiger partial charge in [-0.1, -0.05) is 165 Å². The second kappa shape index (κ2) is 13.0. The molecule has 0 saturated carbocycles. The van der Waals surface area contributed by atoms with Gasteiger partial charge in [0.2, 0.25) is 0 Å². The second-order valence-corrected chi connectivity index (χ2v) is 15.0. The molecule has 2 heterocycles. The predicted octanol–water partition coefficient (Wildman–Crippen LogP) is 14.1. The molecule has 1 spiro atoms. The molecule has 0 amide bonds. The number of hydrogen-bond donors (Lipinski definition) is 0. The lowest BCUT2D eigenvalue weighted by molar-refractivity contribution is 0.669. The maximum absolute atomic E-state index is 6.50. The molecule has 2 aromatic heterocycles. The fraction of sp³-hybridized carbons (Fsp3) is 0.0741. The van der Waals surface area contributed by atoms with Crippen molar-refractivity contribution in [3.05, 3.63) is 210 Å². The monoisotopic (exact) mass is 730 g/mol. The Balaban J connectivity index is 1.14. The van der Waals surface area contributed by atoms with Crippen LogP contribution in [0.5, 0.6) is 0 Å². The van der Waals surface area contributed by atoms with Crippen LogP contribution in [-0.2, 0) is 5.41 Å². The Kier molecular flexibility index (Phi) is 7.58. The van der Waals surface area contributed by atoms with Crippen molar-refractivity contribution in [1.82, 2.24) is 9.97 Å². The van der Waals surface area contributed by atoms with Gasteiger partial charge in [0.25, 0.3) is 0 Å². The van der Waals surface area contributed by atoms with Crippen molar-refractivity contribution >= 4 is 27.5 Å². The molecular weight excluding hydrogens is 693 g/mol. The molecule has 2 aliphatic carbocycles. The number of benzene rings is 7. The summed E-state index contributed by atoms with van der Waals surface area (Å²) in [5, 5.41) is 2.14. The number of hydrogen-bond acceptors (Lipinski definition) is 3. The molecule has 3 nitrogen and oxygen atoms in total. The molecule has 1 unspecified atom stereocenters. The van der Waals surface area contributed by atoms with Gasteiger partial charge in [0.05, 0.1) is 22.4 Å². The first kappa shape index (κ1) is 33.3. The summed E-state index contributed by atoms with van der Waals surface area (Å²) in [5.41, 5.74) is 18.8. The van der Waals surface area contributed by atoms with Gasteiger partial charge < -0.3 is 4.42 Å². The highest BCUT2D eigenvalue weighted by Crippen LogP contribution is 2.65. The van der Waals surface area contributed by atoms with E-state index < -0.39 is 5.41 Å². The van der Waals surface area contributed by atoms with Crippen LogP contribution in [0.2, 0.25) is 0 Å². The highest BCUT2D eigenvalue weighted by atomic mass is 16.3. The Bertz CT molecular complexity index is 3130. The van der Waals surface area contributed by atoms with Gasteiger partial charge in [0, 0.05) is 21.9 Å². The highest BCUT2D eigenvalue weighted by Gasteiger charge is 2.54. The number of nitrogens with zero attached hydrogens (tertiary/aromatic N) is 2. The summed E-state index contributed by atoms with van der Waals surface area (Å²) in [6, 6.07) is 60.8. The van der Waals surface area contributed by atoms with E-state index in [1.807, 2.05) is 18.2 Å². The number of para-hydroxylation sites is 2. The van der Waals surface area contributed by atoms with E-state index in [1.165, 1.54) is 50.1 Å². The number of allylic oxidation sites excluding steroid dienone is 4. The van der Waals surface area contributed by atoms with Crippen molar-refractivity contribution in [3.63, 3.8) is 0 Å². The van der Waals surface area contributed by atoms with Gasteiger partial charge in [-0.3, -0.25) is 0 Å². The zero-order chi connectivity index (χ0) is 38.1. The topological polar surface area (TPSA) is 38.9 Å². The third-order valence-electron chi connectivity index (χ3n) is 12.0. The summed E-state index contributed by atoms with van der Waals surface area (Å²) in [5.74, 6) is 0.631. The van der Waals surface area contributed by atoms with Gasteiger partial charge >= 0.3 is 0 Å². The van der Waals surface area contributed by atoms with Crippen LogP contribution >= 0.6 is 0 Å². The molecule has 0 aliphatic heterocycles. The van der Waals surface area contributed by atoms with Gasteiger partial charge in [-0.25, -0.2) is 9.97 Å². The molecule has 0 saturated heterocycles. The second-order valence-electron chi connectivity index (χ2n) is 15.0. The van der Waals surface area contributed by atoms with Crippen molar-refractivity contribution in [2.24, 2.45) is 0 Å². The number of aromatic nitrogens is 2. The largest absolute Gasteiger partial charge is 0.455 e. The third-order valence-corrected chi connectivity index (χ3v) is 12.0. The number of rotatable bonds is 5. The summed E-state index contributed by atoms with van der Waals surface area (Å²) in [6.45, 7) is 4.44. The molecular formula is C54H38N2O. The predicted molar refractivity (Wildman–Crippen MR) is 235 cm³/mol. The van der Waals surface area contributed by atoms with Crippen molar-refractivity contribution in [2.45, 2.75) is 25.7 Å². The molecule has 57 heavy (non-hydrogen) atoms. The fourth-order valence-electron chi connectivity index (χ4n) is 9.74. The smallest absolute Gasteiger partial charge is 0.164 e. The average Bonchev–Trinajstić information content (AvgIpc) is 3.90. The first-order valence-corrected chi connectivity index (χ1v) is 19.9. The summed E-state index contributed by atoms with van der Waals surface area (Å²) in [4.78, 5) is 10.5. The lowest BCUT2D eigenvalue weighted by atomic mass is 9.68. The quantitative estimate of drug-likeness (QED) is 0.177. The van der Waals surface area contributed by atoms with Gasteiger partial charge in [0.15, 0.2) is 5.82 Å². The maximum Gasteiger partial charge on any atom is 0.164 e. The van der Waals surface area contributed by atoms with Crippen molar-refractivity contribution < 1.29 is 4.42 Å². The standard InChI is InChI=1S/C54H38N2O/c1-3-17-38-39-22-8-11-29-46(39)54(45(38)4-2)47-30-12-9-23-40(47)42-26-15-25-37(51(42)54)35-20-14-21-36(32-35)49-33-48(34-18-6-5-7-19-34)55-53(56-49)44-28-16-27-43-41-24-10-13-31-50(41)57-52(43)44/h4-33H,3H2,1-2H3/b38-17-,45-4+. The summed E-state index contributed by atoms with van der Waals surface area (Å²) in [7, 11) is 0. The van der Waals surface area contributed by atoms with Gasteiger partial charge in [-0.05, 0) is 93.3 Å². The molecule has 0 bridgehead atoms. The Morgan fingerprint density at radius 3 is 1.95 bits per heavy atom. The van der Waals surface area contributed by atoms with E-state index in [0.29, 0.717) is 5.82 Å². The van der Waals surface area contributed by atoms with Gasteiger partial charge in [0.1, 0.15) is 11.2 Å². The van der Waals surface area contributed by atoms with E-state index in [-0.39, 0.29) is 0 Å². The molecule has 0 fully saturated rings. The van der Waals surface area contributed by atoms with Crippen LogP contribution in [0.1, 0.15) is 42.5 Å². The van der Waals surface area contributed by atoms with Gasteiger partial charge in [-0.2, -0.15) is 0 Å². The Morgan fingerprint density at radius 2 is 1.12 bits per heavy atom. The van der Waals surface area contributed by atoms with Crippen LogP contribution in [0.25, 0.3) is 83.7 Å². The lowest BCUT2D eigenvalue weighted by Crippen LogP contribution is -2.26. The zero-order valence-corrected chi connectivity index (χ0v) is 31.8. The maximum atomic E-state index is 6.50. The average molecular weight is 731 g/mol. The van der Waals surface area contributed by atoms with E-state index in [2.05, 4.69) is 178 Å². The van der Waals surface area contributed by atoms with Crippen LogP contribution in [0.4, 0.5) is 0 Å². The van der Waals surface area contributed by atoms with Crippen LogP contribution in [0.15, 0.2) is 192 Å². The molecule has 1 atom stereocenters. The lowest BCUT2D eigenvalue weighted by Gasteiger charge is -2.32.